The molecule has 0 aromatic heterocycles. The van der Waals surface area contributed by atoms with Crippen LogP contribution in [0.4, 0.5) is 5.69 Å². The lowest BCUT2D eigenvalue weighted by molar-refractivity contribution is 0.299. The highest BCUT2D eigenvalue weighted by atomic mass is 127. The SMILES string of the molecule is CN=C(NCCN1CCS(=O)(=O)CC1)NC1CCN(c2ccccc2OC)C1.I. The number of anilines is 1. The Morgan fingerprint density at radius 2 is 1.97 bits per heavy atom. The molecule has 0 spiro atoms. The van der Waals surface area contributed by atoms with E-state index in [4.69, 9.17) is 4.74 Å². The molecule has 3 rings (SSSR count). The zero-order valence-electron chi connectivity index (χ0n) is 17.1. The lowest BCUT2D eigenvalue weighted by Crippen LogP contribution is -2.48. The molecule has 164 valence electrons. The standard InChI is InChI=1S/C19H31N5O3S.HI/c1-20-19(21-8-10-23-11-13-28(25,26)14-12-23)22-16-7-9-24(15-16)17-5-3-4-6-18(17)27-2;/h3-6,16H,7-15H2,1-2H3,(H2,20,21,22);1H. The zero-order valence-corrected chi connectivity index (χ0v) is 20.3. The zero-order chi connectivity index (χ0) is 20.0. The average molecular weight is 537 g/mol. The van der Waals surface area contributed by atoms with Gasteiger partial charge in [0.1, 0.15) is 5.75 Å². The molecule has 1 aromatic carbocycles. The highest BCUT2D eigenvalue weighted by Crippen LogP contribution is 2.30. The Labute approximate surface area is 191 Å². The highest BCUT2D eigenvalue weighted by Gasteiger charge is 2.25. The Kier molecular flexibility index (Phi) is 9.28. The van der Waals surface area contributed by atoms with Crippen LogP contribution < -0.4 is 20.3 Å². The molecule has 0 saturated carbocycles. The number of para-hydroxylation sites is 2. The van der Waals surface area contributed by atoms with Crippen LogP contribution in [0.15, 0.2) is 29.3 Å². The molecule has 2 aliphatic rings. The van der Waals surface area contributed by atoms with Gasteiger partial charge in [0.25, 0.3) is 0 Å². The third-order valence-corrected chi connectivity index (χ3v) is 6.95. The lowest BCUT2D eigenvalue weighted by Gasteiger charge is -2.27. The maximum absolute atomic E-state index is 11.5. The van der Waals surface area contributed by atoms with Crippen molar-refractivity contribution in [1.29, 1.82) is 0 Å². The number of guanidine groups is 1. The molecule has 1 atom stereocenters. The van der Waals surface area contributed by atoms with Crippen molar-refractivity contribution in [3.8, 4) is 5.75 Å². The van der Waals surface area contributed by atoms with Crippen LogP contribution in [0.25, 0.3) is 0 Å². The summed E-state index contributed by atoms with van der Waals surface area (Å²) >= 11 is 0. The summed E-state index contributed by atoms with van der Waals surface area (Å²) < 4.78 is 28.5. The van der Waals surface area contributed by atoms with Gasteiger partial charge in [0.05, 0.1) is 24.3 Å². The molecule has 2 N–H and O–H groups in total. The summed E-state index contributed by atoms with van der Waals surface area (Å²) in [5.41, 5.74) is 1.12. The van der Waals surface area contributed by atoms with Gasteiger partial charge in [-0.25, -0.2) is 8.42 Å². The predicted molar refractivity (Wildman–Crippen MR) is 129 cm³/mol. The Balaban J connectivity index is 0.00000300. The Morgan fingerprint density at radius 1 is 1.24 bits per heavy atom. The Morgan fingerprint density at radius 3 is 2.66 bits per heavy atom. The smallest absolute Gasteiger partial charge is 0.191 e. The van der Waals surface area contributed by atoms with Crippen LogP contribution in [0.3, 0.4) is 0 Å². The van der Waals surface area contributed by atoms with E-state index in [-0.39, 0.29) is 35.5 Å². The number of nitrogens with one attached hydrogen (secondary N) is 2. The summed E-state index contributed by atoms with van der Waals surface area (Å²) in [7, 11) is 0.654. The van der Waals surface area contributed by atoms with E-state index in [1.165, 1.54) is 0 Å². The summed E-state index contributed by atoms with van der Waals surface area (Å²) in [6, 6.07) is 8.41. The van der Waals surface area contributed by atoms with Crippen LogP contribution >= 0.6 is 24.0 Å². The minimum absolute atomic E-state index is 0. The van der Waals surface area contributed by atoms with Gasteiger partial charge in [-0.15, -0.1) is 24.0 Å². The second kappa shape index (κ2) is 11.2. The second-order valence-electron chi connectivity index (χ2n) is 7.24. The number of aliphatic imine (C=N–C) groups is 1. The van der Waals surface area contributed by atoms with Crippen molar-refractivity contribution in [2.24, 2.45) is 4.99 Å². The van der Waals surface area contributed by atoms with Gasteiger partial charge in [-0.1, -0.05) is 12.1 Å². The monoisotopic (exact) mass is 537 g/mol. The number of sulfone groups is 1. The van der Waals surface area contributed by atoms with Crippen molar-refractivity contribution < 1.29 is 13.2 Å². The number of benzene rings is 1. The quantitative estimate of drug-likeness (QED) is 0.315. The van der Waals surface area contributed by atoms with Gasteiger partial charge in [-0.05, 0) is 18.6 Å². The highest BCUT2D eigenvalue weighted by molar-refractivity contribution is 14.0. The van der Waals surface area contributed by atoms with Crippen LogP contribution in [0, 0.1) is 0 Å². The van der Waals surface area contributed by atoms with Crippen LogP contribution in [-0.4, -0.2) is 90.3 Å². The fourth-order valence-corrected chi connectivity index (χ4v) is 4.96. The Bertz CT molecular complexity index is 776. The van der Waals surface area contributed by atoms with Gasteiger partial charge < -0.3 is 20.3 Å². The number of methoxy groups -OCH3 is 1. The fraction of sp³-hybridized carbons (Fsp3) is 0.632. The maximum atomic E-state index is 11.5. The molecule has 10 heteroatoms. The van der Waals surface area contributed by atoms with Crippen LogP contribution in [0.5, 0.6) is 5.75 Å². The van der Waals surface area contributed by atoms with E-state index in [0.717, 1.165) is 50.0 Å². The van der Waals surface area contributed by atoms with Crippen molar-refractivity contribution in [2.75, 3.05) is 69.8 Å². The van der Waals surface area contributed by atoms with Crippen molar-refractivity contribution in [3.63, 3.8) is 0 Å². The van der Waals surface area contributed by atoms with E-state index < -0.39 is 9.84 Å². The summed E-state index contributed by atoms with van der Waals surface area (Å²) in [6.45, 7) is 4.65. The van der Waals surface area contributed by atoms with Gasteiger partial charge in [0.15, 0.2) is 15.8 Å². The van der Waals surface area contributed by atoms with Gasteiger partial charge in [0.2, 0.25) is 0 Å². The van der Waals surface area contributed by atoms with E-state index in [1.54, 1.807) is 14.2 Å². The van der Waals surface area contributed by atoms with Crippen LogP contribution in [-0.2, 0) is 9.84 Å². The van der Waals surface area contributed by atoms with E-state index in [1.807, 2.05) is 18.2 Å². The molecule has 0 radical (unpaired) electrons. The molecule has 0 bridgehead atoms. The number of hydrogen-bond acceptors (Lipinski definition) is 6. The van der Waals surface area contributed by atoms with Crippen LogP contribution in [0.2, 0.25) is 0 Å². The number of halogens is 1. The molecule has 8 nitrogen and oxygen atoms in total. The summed E-state index contributed by atoms with van der Waals surface area (Å²) in [6.07, 6.45) is 1.03. The topological polar surface area (TPSA) is 86.3 Å². The van der Waals surface area contributed by atoms with E-state index >= 15 is 0 Å². The van der Waals surface area contributed by atoms with Gasteiger partial charge in [0, 0.05) is 52.4 Å². The molecule has 2 saturated heterocycles. The van der Waals surface area contributed by atoms with Crippen LogP contribution in [0.1, 0.15) is 6.42 Å². The molecule has 1 unspecified atom stereocenters. The maximum Gasteiger partial charge on any atom is 0.191 e. The number of rotatable bonds is 6. The first kappa shape index (κ1) is 24.0. The molecular formula is C19H32IN5O3S. The lowest BCUT2D eigenvalue weighted by atomic mass is 10.2. The number of nitrogens with zero attached hydrogens (tertiary/aromatic N) is 3. The first-order valence-electron chi connectivity index (χ1n) is 9.78. The molecule has 2 fully saturated rings. The third kappa shape index (κ3) is 6.88. The van der Waals surface area contributed by atoms with E-state index in [0.29, 0.717) is 19.1 Å². The first-order chi connectivity index (χ1) is 13.5. The minimum atomic E-state index is -2.82. The molecule has 0 amide bonds. The third-order valence-electron chi connectivity index (χ3n) is 5.34. The molecule has 1 aromatic rings. The Hall–Kier alpha value is -1.27. The molecular weight excluding hydrogens is 505 g/mol. The predicted octanol–water partition coefficient (Wildman–Crippen LogP) is 0.787. The molecule has 2 heterocycles. The van der Waals surface area contributed by atoms with E-state index in [9.17, 15) is 8.42 Å². The van der Waals surface area contributed by atoms with Crippen molar-refractivity contribution in [3.05, 3.63) is 24.3 Å². The van der Waals surface area contributed by atoms with Crippen molar-refractivity contribution >= 4 is 45.5 Å². The largest absolute Gasteiger partial charge is 0.495 e. The number of hydrogen-bond donors (Lipinski definition) is 2. The average Bonchev–Trinajstić information content (AvgIpc) is 3.16. The molecule has 29 heavy (non-hydrogen) atoms. The normalized spacial score (nSPS) is 22.1. The van der Waals surface area contributed by atoms with Crippen molar-refractivity contribution in [2.45, 2.75) is 12.5 Å². The number of ether oxygens (including phenoxy) is 1. The second-order valence-corrected chi connectivity index (χ2v) is 9.54. The fourth-order valence-electron chi connectivity index (χ4n) is 3.68. The van der Waals surface area contributed by atoms with Gasteiger partial charge in [-0.3, -0.25) is 9.89 Å². The molecule has 2 aliphatic heterocycles. The van der Waals surface area contributed by atoms with E-state index in [2.05, 4.69) is 31.5 Å². The molecule has 0 aliphatic carbocycles. The summed E-state index contributed by atoms with van der Waals surface area (Å²) in [5.74, 6) is 2.22. The van der Waals surface area contributed by atoms with Gasteiger partial charge >= 0.3 is 0 Å². The first-order valence-corrected chi connectivity index (χ1v) is 11.6. The minimum Gasteiger partial charge on any atom is -0.495 e. The van der Waals surface area contributed by atoms with Crippen molar-refractivity contribution in [1.82, 2.24) is 15.5 Å². The summed E-state index contributed by atoms with van der Waals surface area (Å²) in [4.78, 5) is 8.84. The summed E-state index contributed by atoms with van der Waals surface area (Å²) in [5, 5.41) is 6.84. The van der Waals surface area contributed by atoms with Gasteiger partial charge in [-0.2, -0.15) is 0 Å².